The quantitative estimate of drug-likeness (QED) is 0.0579. The standard InChI is InChI=1S/C62H38N2O12S2/c65-51-39-25-13-14-26-40(39)52(66)49(51)63-45-30-44-47(62(45,59(71)75-33-37-21-9-3-10-22-37)60(72)76-34-38-23-11-4-12-24-38)48-56(77-44)55-43(29-46(78-55)64-50-53(67)41-27-15-16-28-42(41)54(50)68)61(48,57(69)73-31-35-17-5-1-6-18-35)58(70)74-32-36-19-7-2-8-20-36/h1-30H,31-34H2. The number of hydrogen-bond acceptors (Lipinski definition) is 16. The lowest BCUT2D eigenvalue weighted by Crippen LogP contribution is -2.51. The van der Waals surface area contributed by atoms with Crippen molar-refractivity contribution in [2.75, 3.05) is 0 Å². The van der Waals surface area contributed by atoms with Gasteiger partial charge in [-0.3, -0.25) is 38.4 Å². The van der Waals surface area contributed by atoms with Gasteiger partial charge in [-0.2, -0.15) is 0 Å². The van der Waals surface area contributed by atoms with Gasteiger partial charge < -0.3 is 18.9 Å². The number of carbonyl (C=O) groups is 4. The highest BCUT2D eigenvalue weighted by Gasteiger charge is 2.68. The molecule has 8 aromatic carbocycles. The van der Waals surface area contributed by atoms with Crippen LogP contribution >= 0.6 is 22.7 Å². The van der Waals surface area contributed by atoms with Crippen molar-refractivity contribution in [3.63, 3.8) is 0 Å². The van der Waals surface area contributed by atoms with Crippen LogP contribution in [-0.4, -0.2) is 23.9 Å². The molecule has 380 valence electrons. The molecule has 0 atom stereocenters. The minimum absolute atomic E-state index is 0.0504. The number of fused-ring (bicyclic) bond motifs is 7. The molecule has 2 heterocycles. The number of esters is 4. The van der Waals surface area contributed by atoms with E-state index in [1.807, 2.05) is 0 Å². The van der Waals surface area contributed by atoms with Crippen LogP contribution in [0.3, 0.4) is 0 Å². The van der Waals surface area contributed by atoms with Gasteiger partial charge in [0.15, 0.2) is 10.7 Å². The Morgan fingerprint density at radius 2 is 0.744 bits per heavy atom. The van der Waals surface area contributed by atoms with Crippen molar-refractivity contribution in [3.8, 4) is 9.75 Å². The summed E-state index contributed by atoms with van der Waals surface area (Å²) in [5, 5.41) is -0.519. The number of ether oxygens (including phenoxy) is 4. The third-order valence-electron chi connectivity index (χ3n) is 13.9. The largest absolute Gasteiger partial charge is 0.459 e. The summed E-state index contributed by atoms with van der Waals surface area (Å²) in [6.45, 7) is -1.53. The lowest BCUT2D eigenvalue weighted by molar-refractivity contribution is -0.167. The predicted octanol–water partition coefficient (Wildman–Crippen LogP) is 7.97. The topological polar surface area (TPSA) is 198 Å². The number of thiophene rings is 2. The summed E-state index contributed by atoms with van der Waals surface area (Å²) in [6.07, 6.45) is 1.35. The van der Waals surface area contributed by atoms with E-state index in [2.05, 4.69) is 9.98 Å². The molecule has 0 N–H and O–H groups in total. The normalized spacial score (nSPS) is 13.5. The van der Waals surface area contributed by atoms with Gasteiger partial charge in [0.2, 0.25) is 32.5 Å². The fourth-order valence-electron chi connectivity index (χ4n) is 10.2. The molecule has 0 unspecified atom stereocenters. The Bertz CT molecular complexity index is 4240. The zero-order chi connectivity index (χ0) is 53.7. The van der Waals surface area contributed by atoms with E-state index < -0.39 is 80.7 Å². The molecular weight excluding hydrogens is 1030 g/mol. The minimum atomic E-state index is -2.89. The predicted molar refractivity (Wildman–Crippen MR) is 292 cm³/mol. The molecule has 0 radical (unpaired) electrons. The van der Waals surface area contributed by atoms with Gasteiger partial charge in [0.25, 0.3) is 0 Å². The fourth-order valence-corrected chi connectivity index (χ4v) is 12.8. The van der Waals surface area contributed by atoms with E-state index in [1.54, 1.807) is 146 Å². The molecule has 10 aromatic rings. The molecule has 0 saturated heterocycles. The maximum atomic E-state index is 15.9. The first-order valence-electron chi connectivity index (χ1n) is 24.4. The van der Waals surface area contributed by atoms with E-state index in [1.165, 1.54) is 36.4 Å². The summed E-state index contributed by atoms with van der Waals surface area (Å²) in [7, 11) is 0. The Kier molecular flexibility index (Phi) is 12.5. The fraction of sp³-hybridized carbons (Fsp3) is 0.0968. The van der Waals surface area contributed by atoms with Gasteiger partial charge in [-0.15, -0.1) is 22.7 Å². The number of benzene rings is 6. The first-order valence-corrected chi connectivity index (χ1v) is 26.1. The van der Waals surface area contributed by atoms with Crippen LogP contribution in [0.5, 0.6) is 0 Å². The summed E-state index contributed by atoms with van der Waals surface area (Å²) >= 11 is 1.91. The van der Waals surface area contributed by atoms with Crippen molar-refractivity contribution in [3.05, 3.63) is 277 Å². The van der Waals surface area contributed by atoms with Crippen molar-refractivity contribution in [2.45, 2.75) is 37.3 Å². The Labute approximate surface area is 449 Å². The van der Waals surface area contributed by atoms with E-state index in [4.69, 9.17) is 18.9 Å². The highest BCUT2D eigenvalue weighted by atomic mass is 32.1. The number of rotatable bonds is 14. The van der Waals surface area contributed by atoms with E-state index in [-0.39, 0.29) is 76.4 Å². The second-order valence-corrected chi connectivity index (χ2v) is 20.6. The molecule has 0 fully saturated rings. The van der Waals surface area contributed by atoms with Gasteiger partial charge in [-0.1, -0.05) is 170 Å². The molecule has 78 heavy (non-hydrogen) atoms. The van der Waals surface area contributed by atoms with Crippen LogP contribution in [0.1, 0.15) is 43.8 Å². The molecule has 16 heteroatoms. The lowest BCUT2D eigenvalue weighted by Gasteiger charge is -2.32. The van der Waals surface area contributed by atoms with Crippen LogP contribution in [0.15, 0.2) is 211 Å². The van der Waals surface area contributed by atoms with Gasteiger partial charge in [0, 0.05) is 43.1 Å². The van der Waals surface area contributed by atoms with Crippen molar-refractivity contribution >= 4 is 79.2 Å². The maximum absolute atomic E-state index is 15.9. The molecule has 14 nitrogen and oxygen atoms in total. The second-order valence-electron chi connectivity index (χ2n) is 18.5. The van der Waals surface area contributed by atoms with Crippen LogP contribution in [0.2, 0.25) is 0 Å². The van der Waals surface area contributed by atoms with Crippen LogP contribution in [-0.2, 0) is 75.4 Å². The van der Waals surface area contributed by atoms with Gasteiger partial charge in [0.05, 0.1) is 15.5 Å². The molecule has 12 rings (SSSR count). The third-order valence-corrected chi connectivity index (χ3v) is 16.2. The van der Waals surface area contributed by atoms with Crippen LogP contribution in [0.4, 0.5) is 5.00 Å². The van der Waals surface area contributed by atoms with Gasteiger partial charge in [-0.05, 0) is 34.4 Å². The molecule has 0 saturated carbocycles. The zero-order valence-electron chi connectivity index (χ0n) is 40.8. The average Bonchev–Trinajstić information content (AvgIpc) is 2.95. The third kappa shape index (κ3) is 7.99. The van der Waals surface area contributed by atoms with Crippen LogP contribution in [0, 0.1) is 0 Å². The summed E-state index contributed by atoms with van der Waals surface area (Å²) in [5.41, 5.74) is -7.29. The smallest absolute Gasteiger partial charge is 0.334 e. The van der Waals surface area contributed by atoms with Crippen LogP contribution < -0.4 is 32.4 Å². The minimum Gasteiger partial charge on any atom is -0.459 e. The molecule has 2 aliphatic rings. The van der Waals surface area contributed by atoms with Crippen molar-refractivity contribution < 1.29 is 38.1 Å². The Morgan fingerprint density at radius 3 is 1.13 bits per heavy atom. The molecule has 0 spiro atoms. The summed E-state index contributed by atoms with van der Waals surface area (Å²) < 4.78 is 24.7. The SMILES string of the molecule is O=C(OCc1ccccc1)C1(C(=O)OCc2ccccc2)C(N=c2c(=O)c3ccccc3c2=O)=Cc2sc3c(c21)C(C(=O)OCc1ccccc1)(C(=O)OCc1ccccc1)c1cc(N=c2c(=O)c4ccccc4c2=O)sc1-3. The van der Waals surface area contributed by atoms with E-state index in [0.717, 1.165) is 22.7 Å². The Balaban J connectivity index is 1.15. The van der Waals surface area contributed by atoms with Crippen LogP contribution in [0.25, 0.3) is 37.4 Å². The van der Waals surface area contributed by atoms with E-state index >= 15 is 19.2 Å². The summed E-state index contributed by atoms with van der Waals surface area (Å²) in [6, 6.07) is 48.4. The summed E-state index contributed by atoms with van der Waals surface area (Å²) in [4.78, 5) is 129. The van der Waals surface area contributed by atoms with Crippen molar-refractivity contribution in [1.82, 2.24) is 0 Å². The molecule has 0 aliphatic heterocycles. The highest BCUT2D eigenvalue weighted by molar-refractivity contribution is 7.25. The lowest BCUT2D eigenvalue weighted by atomic mass is 9.70. The first-order chi connectivity index (χ1) is 38.0. The van der Waals surface area contributed by atoms with Gasteiger partial charge >= 0.3 is 23.9 Å². The second kappa shape index (κ2) is 19.8. The molecular formula is C62H38N2O12S2. The van der Waals surface area contributed by atoms with Crippen molar-refractivity contribution in [1.29, 1.82) is 0 Å². The first kappa shape index (κ1) is 49.2. The van der Waals surface area contributed by atoms with E-state index in [9.17, 15) is 19.2 Å². The zero-order valence-corrected chi connectivity index (χ0v) is 42.4. The Morgan fingerprint density at radius 1 is 0.397 bits per heavy atom. The van der Waals surface area contributed by atoms with E-state index in [0.29, 0.717) is 22.3 Å². The highest BCUT2D eigenvalue weighted by Crippen LogP contribution is 2.64. The number of nitrogens with zero attached hydrogens (tertiary/aromatic N) is 2. The molecule has 2 aliphatic carbocycles. The maximum Gasteiger partial charge on any atom is 0.334 e. The Hall–Kier alpha value is -9.64. The monoisotopic (exact) mass is 1070 g/mol. The van der Waals surface area contributed by atoms with Crippen molar-refractivity contribution in [2.24, 2.45) is 9.98 Å². The number of carbonyl (C=O) groups excluding carboxylic acids is 4. The molecule has 0 amide bonds. The average molecular weight is 1070 g/mol. The molecule has 0 bridgehead atoms. The van der Waals surface area contributed by atoms with Gasteiger partial charge in [-0.25, -0.2) is 9.98 Å². The molecule has 2 aromatic heterocycles. The summed E-state index contributed by atoms with van der Waals surface area (Å²) in [5.74, 6) is -4.94. The number of hydrogen-bond donors (Lipinski definition) is 0. The van der Waals surface area contributed by atoms with Gasteiger partial charge in [0.1, 0.15) is 31.4 Å².